The Hall–Kier alpha value is -1.91. The summed E-state index contributed by atoms with van der Waals surface area (Å²) < 4.78 is 0. The number of carbonyl (C=O) groups is 2. The summed E-state index contributed by atoms with van der Waals surface area (Å²) in [7, 11) is 0. The molecule has 1 N–H and O–H groups in total. The first-order valence-electron chi connectivity index (χ1n) is 8.01. The van der Waals surface area contributed by atoms with Gasteiger partial charge in [0.1, 0.15) is 5.69 Å². The van der Waals surface area contributed by atoms with E-state index in [-0.39, 0.29) is 11.8 Å². The normalized spacial score (nSPS) is 18.4. The number of carbonyl (C=O) groups excluding carboxylic acids is 2. The van der Waals surface area contributed by atoms with Gasteiger partial charge >= 0.3 is 0 Å². The number of nitrogens with one attached hydrogen (secondary N) is 1. The van der Waals surface area contributed by atoms with Gasteiger partial charge in [0.25, 0.3) is 11.8 Å². The average molecular weight is 303 g/mol. The van der Waals surface area contributed by atoms with Gasteiger partial charge in [-0.3, -0.25) is 14.6 Å². The predicted molar refractivity (Wildman–Crippen MR) is 85.7 cm³/mol. The van der Waals surface area contributed by atoms with Crippen LogP contribution in [0.3, 0.4) is 0 Å². The number of hydrogen-bond donors (Lipinski definition) is 1. The molecule has 1 unspecified atom stereocenters. The van der Waals surface area contributed by atoms with E-state index in [1.54, 1.807) is 12.1 Å². The lowest BCUT2D eigenvalue weighted by Crippen LogP contribution is -2.39. The van der Waals surface area contributed by atoms with E-state index < -0.39 is 0 Å². The van der Waals surface area contributed by atoms with E-state index in [2.05, 4.69) is 17.2 Å². The van der Waals surface area contributed by atoms with Crippen LogP contribution in [0.4, 0.5) is 0 Å². The minimum Gasteiger partial charge on any atom is -0.352 e. The van der Waals surface area contributed by atoms with Gasteiger partial charge in [0.15, 0.2) is 0 Å². The fourth-order valence-corrected chi connectivity index (χ4v) is 2.62. The lowest BCUT2D eigenvalue weighted by molar-refractivity contribution is 0.0677. The zero-order valence-corrected chi connectivity index (χ0v) is 13.6. The third-order valence-electron chi connectivity index (χ3n) is 3.86. The van der Waals surface area contributed by atoms with Crippen molar-refractivity contribution in [1.82, 2.24) is 15.2 Å². The molecule has 2 amide bonds. The van der Waals surface area contributed by atoms with Gasteiger partial charge in [0.2, 0.25) is 0 Å². The average Bonchev–Trinajstić information content (AvgIpc) is 2.52. The SMILES string of the molecule is CC(C)CNC(=O)c1ccnc(C(=O)N2CCCC(C)C2)c1. The number of rotatable bonds is 4. The molecule has 1 aromatic heterocycles. The Balaban J connectivity index is 2.07. The molecule has 0 spiro atoms. The summed E-state index contributed by atoms with van der Waals surface area (Å²) in [4.78, 5) is 30.6. The molecule has 5 nitrogen and oxygen atoms in total. The lowest BCUT2D eigenvalue weighted by Gasteiger charge is -2.30. The molecule has 1 atom stereocenters. The number of amides is 2. The van der Waals surface area contributed by atoms with E-state index in [4.69, 9.17) is 0 Å². The Morgan fingerprint density at radius 1 is 1.45 bits per heavy atom. The van der Waals surface area contributed by atoms with Crippen LogP contribution in [0, 0.1) is 11.8 Å². The monoisotopic (exact) mass is 303 g/mol. The van der Waals surface area contributed by atoms with E-state index >= 15 is 0 Å². The third kappa shape index (κ3) is 4.29. The molecule has 1 aliphatic heterocycles. The standard InChI is InChI=1S/C17H25N3O2/c1-12(2)10-19-16(21)14-6-7-18-15(9-14)17(22)20-8-4-5-13(3)11-20/h6-7,9,12-13H,4-5,8,10-11H2,1-3H3,(H,19,21). The number of nitrogens with zero attached hydrogens (tertiary/aromatic N) is 2. The Kier molecular flexibility index (Phi) is 5.52. The Labute approximate surface area is 132 Å². The first-order valence-corrected chi connectivity index (χ1v) is 8.01. The molecule has 120 valence electrons. The van der Waals surface area contributed by atoms with Crippen LogP contribution in [0.2, 0.25) is 0 Å². The number of hydrogen-bond acceptors (Lipinski definition) is 3. The summed E-state index contributed by atoms with van der Waals surface area (Å²) in [5.41, 5.74) is 0.843. The van der Waals surface area contributed by atoms with E-state index in [0.717, 1.165) is 25.9 Å². The highest BCUT2D eigenvalue weighted by molar-refractivity contribution is 5.98. The number of likely N-dealkylation sites (tertiary alicyclic amines) is 1. The molecule has 0 bridgehead atoms. The zero-order chi connectivity index (χ0) is 16.1. The summed E-state index contributed by atoms with van der Waals surface area (Å²) in [5.74, 6) is 0.680. The van der Waals surface area contributed by atoms with Crippen LogP contribution in [-0.4, -0.2) is 41.3 Å². The van der Waals surface area contributed by atoms with E-state index in [9.17, 15) is 9.59 Å². The minimum absolute atomic E-state index is 0.0786. The molecular weight excluding hydrogens is 278 g/mol. The second-order valence-corrected chi connectivity index (χ2v) is 6.53. The topological polar surface area (TPSA) is 62.3 Å². The molecule has 0 aromatic carbocycles. The minimum atomic E-state index is -0.155. The molecule has 1 aliphatic rings. The Morgan fingerprint density at radius 3 is 2.91 bits per heavy atom. The van der Waals surface area contributed by atoms with Gasteiger partial charge < -0.3 is 10.2 Å². The number of piperidine rings is 1. The van der Waals surface area contributed by atoms with Crippen molar-refractivity contribution in [2.75, 3.05) is 19.6 Å². The van der Waals surface area contributed by atoms with Crippen LogP contribution in [0.5, 0.6) is 0 Å². The molecule has 5 heteroatoms. The fourth-order valence-electron chi connectivity index (χ4n) is 2.62. The van der Waals surface area contributed by atoms with Crippen molar-refractivity contribution < 1.29 is 9.59 Å². The van der Waals surface area contributed by atoms with Crippen molar-refractivity contribution in [3.05, 3.63) is 29.6 Å². The maximum Gasteiger partial charge on any atom is 0.272 e. The molecular formula is C17H25N3O2. The quantitative estimate of drug-likeness (QED) is 0.928. The summed E-state index contributed by atoms with van der Waals surface area (Å²) in [6.45, 7) is 8.40. The van der Waals surface area contributed by atoms with Gasteiger partial charge in [-0.1, -0.05) is 20.8 Å². The summed E-state index contributed by atoms with van der Waals surface area (Å²) >= 11 is 0. The smallest absolute Gasteiger partial charge is 0.272 e. The second-order valence-electron chi connectivity index (χ2n) is 6.53. The van der Waals surface area contributed by atoms with Crippen molar-refractivity contribution in [2.24, 2.45) is 11.8 Å². The highest BCUT2D eigenvalue weighted by Gasteiger charge is 2.23. The van der Waals surface area contributed by atoms with Gasteiger partial charge in [-0.2, -0.15) is 0 Å². The highest BCUT2D eigenvalue weighted by Crippen LogP contribution is 2.17. The van der Waals surface area contributed by atoms with Gasteiger partial charge in [-0.25, -0.2) is 0 Å². The molecule has 1 fully saturated rings. The first kappa shape index (κ1) is 16.5. The maximum atomic E-state index is 12.5. The van der Waals surface area contributed by atoms with E-state index in [0.29, 0.717) is 29.6 Å². The van der Waals surface area contributed by atoms with Crippen molar-refractivity contribution >= 4 is 11.8 Å². The molecule has 1 aromatic rings. The predicted octanol–water partition coefficient (Wildman–Crippen LogP) is 2.34. The highest BCUT2D eigenvalue weighted by atomic mass is 16.2. The zero-order valence-electron chi connectivity index (χ0n) is 13.6. The molecule has 0 aliphatic carbocycles. The van der Waals surface area contributed by atoms with Gasteiger partial charge in [0.05, 0.1) is 0 Å². The van der Waals surface area contributed by atoms with Crippen molar-refractivity contribution in [3.63, 3.8) is 0 Å². The van der Waals surface area contributed by atoms with Crippen LogP contribution < -0.4 is 5.32 Å². The molecule has 1 saturated heterocycles. The number of pyridine rings is 1. The van der Waals surface area contributed by atoms with Crippen molar-refractivity contribution in [1.29, 1.82) is 0 Å². The van der Waals surface area contributed by atoms with E-state index in [1.807, 2.05) is 18.7 Å². The Bertz CT molecular complexity index is 542. The van der Waals surface area contributed by atoms with Crippen LogP contribution in [0.15, 0.2) is 18.3 Å². The maximum absolute atomic E-state index is 12.5. The van der Waals surface area contributed by atoms with Gasteiger partial charge in [-0.05, 0) is 36.8 Å². The fraction of sp³-hybridized carbons (Fsp3) is 0.588. The molecule has 0 saturated carbocycles. The van der Waals surface area contributed by atoms with Crippen LogP contribution in [0.1, 0.15) is 54.5 Å². The summed E-state index contributed by atoms with van der Waals surface area (Å²) in [5, 5.41) is 2.86. The molecule has 0 radical (unpaired) electrons. The van der Waals surface area contributed by atoms with Crippen molar-refractivity contribution in [2.45, 2.75) is 33.6 Å². The Morgan fingerprint density at radius 2 is 2.23 bits per heavy atom. The molecule has 2 heterocycles. The second kappa shape index (κ2) is 7.38. The van der Waals surface area contributed by atoms with Gasteiger partial charge in [-0.15, -0.1) is 0 Å². The summed E-state index contributed by atoms with van der Waals surface area (Å²) in [6.07, 6.45) is 3.72. The number of aromatic nitrogens is 1. The first-order chi connectivity index (χ1) is 10.5. The van der Waals surface area contributed by atoms with Crippen LogP contribution in [0.25, 0.3) is 0 Å². The lowest BCUT2D eigenvalue weighted by atomic mass is 10.00. The summed E-state index contributed by atoms with van der Waals surface area (Å²) in [6, 6.07) is 3.24. The van der Waals surface area contributed by atoms with E-state index in [1.165, 1.54) is 6.20 Å². The van der Waals surface area contributed by atoms with Crippen molar-refractivity contribution in [3.8, 4) is 0 Å². The van der Waals surface area contributed by atoms with Crippen LogP contribution in [-0.2, 0) is 0 Å². The largest absolute Gasteiger partial charge is 0.352 e. The van der Waals surface area contributed by atoms with Crippen LogP contribution >= 0.6 is 0 Å². The van der Waals surface area contributed by atoms with Gasteiger partial charge in [0, 0.05) is 31.4 Å². The third-order valence-corrected chi connectivity index (χ3v) is 3.86. The molecule has 2 rings (SSSR count). The molecule has 22 heavy (non-hydrogen) atoms.